The molecule has 0 N–H and O–H groups in total. The van der Waals surface area contributed by atoms with Gasteiger partial charge in [-0.05, 0) is 54.7 Å². The van der Waals surface area contributed by atoms with Gasteiger partial charge in [-0.2, -0.15) is 0 Å². The minimum atomic E-state index is -0.816. The van der Waals surface area contributed by atoms with Gasteiger partial charge in [-0.25, -0.2) is 9.59 Å². The van der Waals surface area contributed by atoms with E-state index >= 15 is 0 Å². The molecule has 0 aromatic heterocycles. The molecule has 4 rings (SSSR count). The first-order valence-electron chi connectivity index (χ1n) is 10.6. The van der Waals surface area contributed by atoms with Crippen LogP contribution in [0.25, 0.3) is 0 Å². The molecule has 174 valence electrons. The van der Waals surface area contributed by atoms with Gasteiger partial charge in [-0.1, -0.05) is 12.1 Å². The van der Waals surface area contributed by atoms with Gasteiger partial charge >= 0.3 is 11.9 Å². The van der Waals surface area contributed by atoms with E-state index in [1.54, 1.807) is 18.2 Å². The molecule has 1 aliphatic carbocycles. The Labute approximate surface area is 195 Å². The zero-order chi connectivity index (χ0) is 24.2. The van der Waals surface area contributed by atoms with Crippen LogP contribution in [-0.4, -0.2) is 31.1 Å². The van der Waals surface area contributed by atoms with E-state index in [9.17, 15) is 19.7 Å². The van der Waals surface area contributed by atoms with Gasteiger partial charge in [0.25, 0.3) is 5.69 Å². The Morgan fingerprint density at radius 1 is 0.941 bits per heavy atom. The van der Waals surface area contributed by atoms with Crippen LogP contribution in [0.2, 0.25) is 0 Å². The predicted octanol–water partition coefficient (Wildman–Crippen LogP) is 4.37. The minimum absolute atomic E-state index is 0.0630. The van der Waals surface area contributed by atoms with Crippen LogP contribution in [0.5, 0.6) is 11.5 Å². The molecule has 1 heterocycles. The molecule has 34 heavy (non-hydrogen) atoms. The second-order valence-electron chi connectivity index (χ2n) is 7.64. The van der Waals surface area contributed by atoms with Crippen molar-refractivity contribution in [2.45, 2.75) is 19.3 Å². The maximum atomic E-state index is 12.7. The van der Waals surface area contributed by atoms with Gasteiger partial charge in [-0.3, -0.25) is 10.1 Å². The number of anilines is 1. The van der Waals surface area contributed by atoms with Gasteiger partial charge in [0.2, 0.25) is 0 Å². The minimum Gasteiger partial charge on any atom is -0.465 e. The molecule has 0 atom stereocenters. The van der Waals surface area contributed by atoms with Crippen LogP contribution in [0.3, 0.4) is 0 Å². The van der Waals surface area contributed by atoms with Crippen LogP contribution in [0, 0.1) is 10.1 Å². The van der Waals surface area contributed by atoms with Crippen molar-refractivity contribution in [2.75, 3.05) is 19.1 Å². The third-order valence-electron chi connectivity index (χ3n) is 5.56. The van der Waals surface area contributed by atoms with Crippen LogP contribution in [0.15, 0.2) is 72.1 Å². The first kappa shape index (κ1) is 22.8. The molecule has 9 heteroatoms. The van der Waals surface area contributed by atoms with Crippen LogP contribution < -0.4 is 9.64 Å². The normalized spacial score (nSPS) is 14.5. The Bertz CT molecular complexity index is 1260. The number of nitro groups is 1. The first-order valence-corrected chi connectivity index (χ1v) is 10.6. The number of nitro benzene ring substituents is 1. The van der Waals surface area contributed by atoms with Crippen molar-refractivity contribution in [1.29, 1.82) is 0 Å². The number of allylic oxidation sites excluding steroid dienone is 2. The number of ether oxygens (including phenoxy) is 3. The van der Waals surface area contributed by atoms with Gasteiger partial charge in [0.15, 0.2) is 0 Å². The Kier molecular flexibility index (Phi) is 6.44. The summed E-state index contributed by atoms with van der Waals surface area (Å²) in [6.07, 6.45) is 9.11. The molecule has 0 saturated heterocycles. The zero-order valence-corrected chi connectivity index (χ0v) is 18.6. The number of hydrogen-bond donors (Lipinski definition) is 0. The van der Waals surface area contributed by atoms with Gasteiger partial charge in [0.05, 0.1) is 36.5 Å². The molecule has 0 amide bonds. The Hall–Kier alpha value is -4.40. The van der Waals surface area contributed by atoms with E-state index < -0.39 is 16.9 Å². The van der Waals surface area contributed by atoms with E-state index in [1.807, 2.05) is 18.2 Å². The molecule has 0 fully saturated rings. The third kappa shape index (κ3) is 4.54. The number of methoxy groups -OCH3 is 2. The molecule has 1 aliphatic heterocycles. The average molecular weight is 462 g/mol. The van der Waals surface area contributed by atoms with Crippen molar-refractivity contribution in [3.05, 3.63) is 93.3 Å². The van der Waals surface area contributed by atoms with Crippen LogP contribution >= 0.6 is 0 Å². The summed E-state index contributed by atoms with van der Waals surface area (Å²) in [5, 5.41) is 11.7. The smallest absolute Gasteiger partial charge is 0.355 e. The number of non-ortho nitro benzene ring substituents is 1. The molecule has 2 aromatic rings. The largest absolute Gasteiger partial charge is 0.465 e. The molecule has 0 unspecified atom stereocenters. The second-order valence-corrected chi connectivity index (χ2v) is 7.64. The van der Waals surface area contributed by atoms with Crippen LogP contribution in [0.4, 0.5) is 11.4 Å². The number of rotatable bonds is 6. The summed E-state index contributed by atoms with van der Waals surface area (Å²) in [5.41, 5.74) is 2.24. The highest BCUT2D eigenvalue weighted by Crippen LogP contribution is 2.36. The summed E-state index contributed by atoms with van der Waals surface area (Å²) in [7, 11) is 2.37. The molecule has 2 aromatic carbocycles. The highest BCUT2D eigenvalue weighted by Gasteiger charge is 2.29. The molecule has 0 bridgehead atoms. The Morgan fingerprint density at radius 2 is 1.71 bits per heavy atom. The Morgan fingerprint density at radius 3 is 2.44 bits per heavy atom. The van der Waals surface area contributed by atoms with E-state index in [2.05, 4.69) is 0 Å². The maximum absolute atomic E-state index is 12.7. The standard InChI is InChI=1S/C25H22N2O7/c1-32-24(28)22-8-3-4-11-26(23(22)25(29)33-2)18-13-19(27(30)31)15-21(14-18)34-20-10-9-16-6-5-7-17(16)12-20/h3-4,8-15H,5-7H2,1-2H3. The quantitative estimate of drug-likeness (QED) is 0.354. The van der Waals surface area contributed by atoms with Crippen molar-refractivity contribution in [1.82, 2.24) is 0 Å². The second kappa shape index (κ2) is 9.62. The fourth-order valence-corrected chi connectivity index (χ4v) is 3.98. The number of carbonyl (C=O) groups is 2. The van der Waals surface area contributed by atoms with E-state index in [-0.39, 0.29) is 28.4 Å². The number of carbonyl (C=O) groups excluding carboxylic acids is 2. The van der Waals surface area contributed by atoms with Gasteiger partial charge in [-0.15, -0.1) is 0 Å². The summed E-state index contributed by atoms with van der Waals surface area (Å²) in [6.45, 7) is 0. The number of aryl methyl sites for hydroxylation is 2. The van der Waals surface area contributed by atoms with Gasteiger partial charge in [0.1, 0.15) is 17.2 Å². The van der Waals surface area contributed by atoms with Crippen molar-refractivity contribution in [3.8, 4) is 11.5 Å². The lowest BCUT2D eigenvalue weighted by atomic mass is 10.1. The lowest BCUT2D eigenvalue weighted by molar-refractivity contribution is -0.384. The number of nitrogens with zero attached hydrogens (tertiary/aromatic N) is 2. The van der Waals surface area contributed by atoms with E-state index in [1.165, 1.54) is 54.7 Å². The summed E-state index contributed by atoms with van der Waals surface area (Å²) >= 11 is 0. The first-order chi connectivity index (χ1) is 16.4. The molecule has 0 saturated carbocycles. The van der Waals surface area contributed by atoms with Crippen LogP contribution in [0.1, 0.15) is 17.5 Å². The number of benzene rings is 2. The van der Waals surface area contributed by atoms with E-state index in [4.69, 9.17) is 14.2 Å². The van der Waals surface area contributed by atoms with Crippen molar-refractivity contribution in [2.24, 2.45) is 0 Å². The maximum Gasteiger partial charge on any atom is 0.355 e. The predicted molar refractivity (Wildman–Crippen MR) is 123 cm³/mol. The number of esters is 2. The fraction of sp³-hybridized carbons (Fsp3) is 0.200. The summed E-state index contributed by atoms with van der Waals surface area (Å²) in [5.74, 6) is -0.815. The average Bonchev–Trinajstić information content (AvgIpc) is 3.19. The van der Waals surface area contributed by atoms with Crippen LogP contribution in [-0.2, 0) is 31.9 Å². The van der Waals surface area contributed by atoms with Crippen molar-refractivity contribution in [3.63, 3.8) is 0 Å². The number of fused-ring (bicyclic) bond motifs is 1. The molecular formula is C25H22N2O7. The molecule has 0 radical (unpaired) electrons. The highest BCUT2D eigenvalue weighted by atomic mass is 16.6. The third-order valence-corrected chi connectivity index (χ3v) is 5.56. The van der Waals surface area contributed by atoms with Crippen molar-refractivity contribution < 1.29 is 28.7 Å². The van der Waals surface area contributed by atoms with Crippen molar-refractivity contribution >= 4 is 23.3 Å². The SMILES string of the molecule is COC(=O)C1=C(C(=O)OC)N(c2cc(Oc3ccc4c(c3)CCC4)cc([N+](=O)[O-])c2)C=CC=C1. The van der Waals surface area contributed by atoms with E-state index in [0.717, 1.165) is 19.3 Å². The molecular weight excluding hydrogens is 440 g/mol. The summed E-state index contributed by atoms with van der Waals surface area (Å²) < 4.78 is 15.7. The molecule has 0 spiro atoms. The topological polar surface area (TPSA) is 108 Å². The molecule has 9 nitrogen and oxygen atoms in total. The fourth-order valence-electron chi connectivity index (χ4n) is 3.98. The number of hydrogen-bond acceptors (Lipinski definition) is 8. The van der Waals surface area contributed by atoms with Gasteiger partial charge in [0, 0.05) is 18.3 Å². The zero-order valence-electron chi connectivity index (χ0n) is 18.6. The summed E-state index contributed by atoms with van der Waals surface area (Å²) in [6, 6.07) is 9.90. The molecule has 2 aliphatic rings. The lowest BCUT2D eigenvalue weighted by Gasteiger charge is -2.23. The summed E-state index contributed by atoms with van der Waals surface area (Å²) in [4.78, 5) is 37.5. The lowest BCUT2D eigenvalue weighted by Crippen LogP contribution is -2.27. The monoisotopic (exact) mass is 462 g/mol. The highest BCUT2D eigenvalue weighted by molar-refractivity contribution is 6.05. The van der Waals surface area contributed by atoms with E-state index in [0.29, 0.717) is 5.75 Å². The van der Waals surface area contributed by atoms with Gasteiger partial charge < -0.3 is 19.1 Å². The Balaban J connectivity index is 1.80.